The van der Waals surface area contributed by atoms with Crippen LogP contribution in [-0.4, -0.2) is 0 Å². The Morgan fingerprint density at radius 3 is 2.07 bits per heavy atom. The van der Waals surface area contributed by atoms with Gasteiger partial charge >= 0.3 is 0 Å². The Morgan fingerprint density at radius 1 is 0.533 bits per heavy atom. The lowest BCUT2D eigenvalue weighted by molar-refractivity contribution is 1.52. The molecule has 0 radical (unpaired) electrons. The molecule has 1 nitrogen and oxygen atoms in total. The Bertz CT molecular complexity index is 1300. The van der Waals surface area contributed by atoms with Gasteiger partial charge in [0.15, 0.2) is 0 Å². The van der Waals surface area contributed by atoms with Crippen LogP contribution in [0, 0.1) is 0 Å². The molecule has 0 aliphatic heterocycles. The van der Waals surface area contributed by atoms with Gasteiger partial charge in [0, 0.05) is 21.4 Å². The molecule has 5 aromatic carbocycles. The van der Waals surface area contributed by atoms with Crippen molar-refractivity contribution in [1.29, 1.82) is 0 Å². The molecule has 1 N–H and O–H groups in total. The van der Waals surface area contributed by atoms with E-state index in [2.05, 4.69) is 130 Å². The normalized spacial score (nSPS) is 10.8. The molecule has 0 saturated carbocycles. The van der Waals surface area contributed by atoms with Gasteiger partial charge in [-0.15, -0.1) is 0 Å². The zero-order valence-electron chi connectivity index (χ0n) is 16.3. The van der Waals surface area contributed by atoms with Crippen LogP contribution in [0.5, 0.6) is 0 Å². The molecule has 0 atom stereocenters. The summed E-state index contributed by atoms with van der Waals surface area (Å²) in [6, 6.07) is 40.5. The van der Waals surface area contributed by atoms with Gasteiger partial charge in [-0.3, -0.25) is 0 Å². The van der Waals surface area contributed by atoms with Crippen molar-refractivity contribution in [3.8, 4) is 22.3 Å². The summed E-state index contributed by atoms with van der Waals surface area (Å²) >= 11 is 3.61. The largest absolute Gasteiger partial charge is 0.355 e. The first-order valence-electron chi connectivity index (χ1n) is 9.98. The monoisotopic (exact) mass is 449 g/mol. The highest BCUT2D eigenvalue weighted by molar-refractivity contribution is 9.10. The molecule has 0 heterocycles. The van der Waals surface area contributed by atoms with Crippen molar-refractivity contribution in [3.63, 3.8) is 0 Å². The van der Waals surface area contributed by atoms with Gasteiger partial charge in [-0.1, -0.05) is 101 Å². The first-order chi connectivity index (χ1) is 14.8. The van der Waals surface area contributed by atoms with Gasteiger partial charge in [0.05, 0.1) is 0 Å². The first-order valence-corrected chi connectivity index (χ1v) is 10.8. The summed E-state index contributed by atoms with van der Waals surface area (Å²) in [6.45, 7) is 0. The lowest BCUT2D eigenvalue weighted by atomic mass is 9.98. The predicted molar refractivity (Wildman–Crippen MR) is 132 cm³/mol. The summed E-state index contributed by atoms with van der Waals surface area (Å²) in [5.41, 5.74) is 6.99. The number of fused-ring (bicyclic) bond motifs is 1. The number of hydrogen-bond donors (Lipinski definition) is 1. The van der Waals surface area contributed by atoms with E-state index in [0.717, 1.165) is 15.8 Å². The quantitative estimate of drug-likeness (QED) is 0.289. The van der Waals surface area contributed by atoms with Gasteiger partial charge in [-0.05, 0) is 57.8 Å². The average Bonchev–Trinajstić information content (AvgIpc) is 2.81. The highest BCUT2D eigenvalue weighted by Crippen LogP contribution is 2.34. The molecule has 0 aliphatic rings. The van der Waals surface area contributed by atoms with Gasteiger partial charge in [0.25, 0.3) is 0 Å². The van der Waals surface area contributed by atoms with E-state index in [-0.39, 0.29) is 0 Å². The van der Waals surface area contributed by atoms with Gasteiger partial charge in [-0.2, -0.15) is 0 Å². The van der Waals surface area contributed by atoms with Crippen molar-refractivity contribution in [2.24, 2.45) is 0 Å². The second kappa shape index (κ2) is 8.17. The van der Waals surface area contributed by atoms with Crippen LogP contribution in [0.3, 0.4) is 0 Å². The standard InChI is InChI=1S/C28H20BrN/c29-23-15-18-28(27(19-23)21-7-2-1-3-8-21)30-24-16-13-22(14-17-24)26-12-6-10-20-9-4-5-11-25(20)26/h1-19,30H. The fourth-order valence-corrected chi connectivity index (χ4v) is 4.21. The fourth-order valence-electron chi connectivity index (χ4n) is 3.85. The van der Waals surface area contributed by atoms with E-state index in [1.165, 1.54) is 33.0 Å². The van der Waals surface area contributed by atoms with E-state index in [9.17, 15) is 0 Å². The number of hydrogen-bond acceptors (Lipinski definition) is 1. The maximum absolute atomic E-state index is 3.61. The minimum atomic E-state index is 1.07. The lowest BCUT2D eigenvalue weighted by Gasteiger charge is -2.14. The molecule has 0 bridgehead atoms. The van der Waals surface area contributed by atoms with Crippen molar-refractivity contribution >= 4 is 38.1 Å². The molecule has 0 aromatic heterocycles. The Hall–Kier alpha value is -3.36. The molecule has 0 spiro atoms. The maximum atomic E-state index is 3.61. The third kappa shape index (κ3) is 3.74. The Balaban J connectivity index is 1.48. The number of halogens is 1. The second-order valence-corrected chi connectivity index (χ2v) is 8.20. The fraction of sp³-hybridized carbons (Fsp3) is 0. The van der Waals surface area contributed by atoms with Crippen molar-refractivity contribution in [2.75, 3.05) is 5.32 Å². The highest BCUT2D eigenvalue weighted by Gasteiger charge is 2.08. The summed E-state index contributed by atoms with van der Waals surface area (Å²) in [5.74, 6) is 0. The predicted octanol–water partition coefficient (Wildman–Crippen LogP) is 8.68. The molecule has 0 aliphatic carbocycles. The molecule has 2 heteroatoms. The minimum absolute atomic E-state index is 1.07. The molecule has 0 saturated heterocycles. The van der Waals surface area contributed by atoms with E-state index < -0.39 is 0 Å². The second-order valence-electron chi connectivity index (χ2n) is 7.28. The molecule has 0 unspecified atom stereocenters. The van der Waals surface area contributed by atoms with Crippen LogP contribution in [0.1, 0.15) is 0 Å². The van der Waals surface area contributed by atoms with Crippen LogP contribution in [0.2, 0.25) is 0 Å². The number of anilines is 2. The molecular weight excluding hydrogens is 430 g/mol. The van der Waals surface area contributed by atoms with E-state index in [1.54, 1.807) is 0 Å². The summed E-state index contributed by atoms with van der Waals surface area (Å²) in [7, 11) is 0. The SMILES string of the molecule is Brc1ccc(Nc2ccc(-c3cccc4ccccc34)cc2)c(-c2ccccc2)c1. The smallest absolute Gasteiger partial charge is 0.0464 e. The number of rotatable bonds is 4. The number of benzene rings is 5. The number of nitrogens with one attached hydrogen (secondary N) is 1. The van der Waals surface area contributed by atoms with Gasteiger partial charge in [0.1, 0.15) is 0 Å². The van der Waals surface area contributed by atoms with Crippen molar-refractivity contribution in [3.05, 3.63) is 120 Å². The average molecular weight is 450 g/mol. The molecule has 5 rings (SSSR count). The summed E-state index contributed by atoms with van der Waals surface area (Å²) in [4.78, 5) is 0. The van der Waals surface area contributed by atoms with Crippen LogP contribution in [0.15, 0.2) is 120 Å². The molecule has 5 aromatic rings. The van der Waals surface area contributed by atoms with Crippen molar-refractivity contribution in [2.45, 2.75) is 0 Å². The summed E-state index contributed by atoms with van der Waals surface area (Å²) < 4.78 is 1.07. The van der Waals surface area contributed by atoms with Crippen molar-refractivity contribution in [1.82, 2.24) is 0 Å². The van der Waals surface area contributed by atoms with Crippen LogP contribution in [0.25, 0.3) is 33.0 Å². The minimum Gasteiger partial charge on any atom is -0.355 e. The zero-order chi connectivity index (χ0) is 20.3. The van der Waals surface area contributed by atoms with Gasteiger partial charge in [0.2, 0.25) is 0 Å². The molecular formula is C28H20BrN. The Labute approximate surface area is 185 Å². The lowest BCUT2D eigenvalue weighted by Crippen LogP contribution is -1.93. The van der Waals surface area contributed by atoms with Crippen molar-refractivity contribution < 1.29 is 0 Å². The van der Waals surface area contributed by atoms with Gasteiger partial charge < -0.3 is 5.32 Å². The summed E-state index contributed by atoms with van der Waals surface area (Å²) in [5, 5.41) is 6.13. The third-order valence-electron chi connectivity index (χ3n) is 5.33. The maximum Gasteiger partial charge on any atom is 0.0464 e. The molecule has 30 heavy (non-hydrogen) atoms. The molecule has 0 fully saturated rings. The highest BCUT2D eigenvalue weighted by atomic mass is 79.9. The Morgan fingerprint density at radius 2 is 1.23 bits per heavy atom. The summed E-state index contributed by atoms with van der Waals surface area (Å²) in [6.07, 6.45) is 0. The van der Waals surface area contributed by atoms with E-state index in [0.29, 0.717) is 0 Å². The van der Waals surface area contributed by atoms with Gasteiger partial charge in [-0.25, -0.2) is 0 Å². The van der Waals surface area contributed by atoms with Crippen LogP contribution < -0.4 is 5.32 Å². The zero-order valence-corrected chi connectivity index (χ0v) is 17.9. The first kappa shape index (κ1) is 18.7. The molecule has 144 valence electrons. The molecule has 0 amide bonds. The third-order valence-corrected chi connectivity index (χ3v) is 5.82. The topological polar surface area (TPSA) is 12.0 Å². The van der Waals surface area contributed by atoms with Crippen LogP contribution in [0.4, 0.5) is 11.4 Å². The van der Waals surface area contributed by atoms with E-state index >= 15 is 0 Å². The van der Waals surface area contributed by atoms with Crippen LogP contribution >= 0.6 is 15.9 Å². The van der Waals surface area contributed by atoms with Crippen LogP contribution in [-0.2, 0) is 0 Å². The van der Waals surface area contributed by atoms with E-state index in [1.807, 2.05) is 6.07 Å². The Kier molecular flexibility index (Phi) is 5.08. The van der Waals surface area contributed by atoms with E-state index in [4.69, 9.17) is 0 Å².